The number of carboxylic acid groups (broad SMARTS) is 2. The highest BCUT2D eigenvalue weighted by Gasteiger charge is 2.35. The van der Waals surface area contributed by atoms with Gasteiger partial charge in [0, 0.05) is 19.2 Å². The Morgan fingerprint density at radius 1 is 1.44 bits per heavy atom. The molecule has 1 saturated heterocycles. The van der Waals surface area contributed by atoms with E-state index in [9.17, 15) is 14.4 Å². The molecule has 0 bridgehead atoms. The van der Waals surface area contributed by atoms with Crippen molar-refractivity contribution in [1.82, 2.24) is 9.78 Å². The first-order valence-electron chi connectivity index (χ1n) is 5.25. The zero-order valence-corrected chi connectivity index (χ0v) is 9.31. The van der Waals surface area contributed by atoms with E-state index in [-0.39, 0.29) is 25.4 Å². The number of carbonyl (C=O) groups is 3. The summed E-state index contributed by atoms with van der Waals surface area (Å²) in [5.41, 5.74) is 0.421. The Bertz CT molecular complexity index is 509. The van der Waals surface area contributed by atoms with Gasteiger partial charge in [-0.2, -0.15) is 5.10 Å². The van der Waals surface area contributed by atoms with E-state index in [1.165, 1.54) is 22.0 Å². The maximum atomic E-state index is 11.6. The minimum absolute atomic E-state index is 0.0422. The van der Waals surface area contributed by atoms with Gasteiger partial charge in [-0.25, -0.2) is 0 Å². The molecular weight excluding hydrogens is 242 g/mol. The molecule has 1 amide bonds. The predicted molar refractivity (Wildman–Crippen MR) is 58.0 cm³/mol. The van der Waals surface area contributed by atoms with Gasteiger partial charge in [-0.3, -0.25) is 19.1 Å². The molecule has 8 nitrogen and oxygen atoms in total. The van der Waals surface area contributed by atoms with E-state index in [4.69, 9.17) is 10.2 Å². The van der Waals surface area contributed by atoms with Crippen molar-refractivity contribution in [2.75, 3.05) is 11.4 Å². The van der Waals surface area contributed by atoms with E-state index in [1.807, 2.05) is 0 Å². The van der Waals surface area contributed by atoms with Crippen molar-refractivity contribution < 1.29 is 24.6 Å². The Morgan fingerprint density at radius 2 is 2.17 bits per heavy atom. The predicted octanol–water partition coefficient (Wildman–Crippen LogP) is -0.595. The Hall–Kier alpha value is -2.38. The Labute approximate surface area is 101 Å². The van der Waals surface area contributed by atoms with Gasteiger partial charge in [0.25, 0.3) is 0 Å². The minimum Gasteiger partial charge on any atom is -0.481 e. The smallest absolute Gasteiger partial charge is 0.325 e. The molecule has 1 aliphatic heterocycles. The van der Waals surface area contributed by atoms with Gasteiger partial charge < -0.3 is 15.1 Å². The first-order valence-corrected chi connectivity index (χ1v) is 5.25. The number of aromatic nitrogens is 2. The number of aliphatic carboxylic acids is 2. The first-order chi connectivity index (χ1) is 8.47. The molecule has 96 valence electrons. The molecule has 1 fully saturated rings. The van der Waals surface area contributed by atoms with Gasteiger partial charge in [-0.05, 0) is 0 Å². The van der Waals surface area contributed by atoms with Gasteiger partial charge in [-0.1, -0.05) is 0 Å². The fraction of sp³-hybridized carbons (Fsp3) is 0.400. The standard InChI is InChI=1S/C10H11N3O5/c14-8-1-6(10(17)18)3-13(8)7-2-11-12(4-7)5-9(15)16/h2,4,6H,1,3,5H2,(H,15,16)(H,17,18). The van der Waals surface area contributed by atoms with Gasteiger partial charge in [0.2, 0.25) is 5.91 Å². The normalized spacial score (nSPS) is 19.2. The summed E-state index contributed by atoms with van der Waals surface area (Å²) in [5.74, 6) is -3.07. The molecule has 1 unspecified atom stereocenters. The lowest BCUT2D eigenvalue weighted by molar-refractivity contribution is -0.141. The van der Waals surface area contributed by atoms with Crippen LogP contribution >= 0.6 is 0 Å². The Kier molecular flexibility index (Phi) is 3.00. The number of carbonyl (C=O) groups excluding carboxylic acids is 1. The zero-order chi connectivity index (χ0) is 13.3. The van der Waals surface area contributed by atoms with Crippen LogP contribution in [0.25, 0.3) is 0 Å². The quantitative estimate of drug-likeness (QED) is 0.741. The maximum absolute atomic E-state index is 11.6. The minimum atomic E-state index is -1.04. The lowest BCUT2D eigenvalue weighted by Gasteiger charge is -2.12. The highest BCUT2D eigenvalue weighted by molar-refractivity contribution is 5.99. The summed E-state index contributed by atoms with van der Waals surface area (Å²) in [7, 11) is 0. The molecule has 2 N–H and O–H groups in total. The van der Waals surface area contributed by atoms with Crippen molar-refractivity contribution in [2.45, 2.75) is 13.0 Å². The van der Waals surface area contributed by atoms with Crippen LogP contribution in [0.3, 0.4) is 0 Å². The van der Waals surface area contributed by atoms with E-state index >= 15 is 0 Å². The van der Waals surface area contributed by atoms with Crippen LogP contribution in [-0.2, 0) is 20.9 Å². The SMILES string of the molecule is O=C(O)Cn1cc(N2CC(C(=O)O)CC2=O)cn1. The molecule has 0 saturated carbocycles. The van der Waals surface area contributed by atoms with Crippen LogP contribution in [0.1, 0.15) is 6.42 Å². The molecular formula is C10H11N3O5. The summed E-state index contributed by atoms with van der Waals surface area (Å²) in [4.78, 5) is 34.2. The second-order valence-electron chi connectivity index (χ2n) is 4.03. The average Bonchev–Trinajstić information content (AvgIpc) is 2.83. The Morgan fingerprint density at radius 3 is 2.72 bits per heavy atom. The lowest BCUT2D eigenvalue weighted by Crippen LogP contribution is -2.25. The third kappa shape index (κ3) is 2.31. The number of carboxylic acids is 2. The summed E-state index contributed by atoms with van der Waals surface area (Å²) in [6.45, 7) is -0.211. The van der Waals surface area contributed by atoms with E-state index in [0.29, 0.717) is 5.69 Å². The molecule has 1 aliphatic rings. The van der Waals surface area contributed by atoms with Crippen LogP contribution in [0.4, 0.5) is 5.69 Å². The summed E-state index contributed by atoms with van der Waals surface area (Å²) >= 11 is 0. The summed E-state index contributed by atoms with van der Waals surface area (Å²) < 4.78 is 1.18. The lowest BCUT2D eigenvalue weighted by atomic mass is 10.1. The number of hydrogen-bond donors (Lipinski definition) is 2. The summed E-state index contributed by atoms with van der Waals surface area (Å²) in [6, 6.07) is 0. The molecule has 0 aromatic carbocycles. The topological polar surface area (TPSA) is 113 Å². The molecule has 1 aromatic rings. The molecule has 18 heavy (non-hydrogen) atoms. The average molecular weight is 253 g/mol. The molecule has 0 spiro atoms. The van der Waals surface area contributed by atoms with Crippen molar-refractivity contribution in [3.05, 3.63) is 12.4 Å². The number of nitrogens with zero attached hydrogens (tertiary/aromatic N) is 3. The van der Waals surface area contributed by atoms with Gasteiger partial charge in [-0.15, -0.1) is 0 Å². The molecule has 1 aromatic heterocycles. The van der Waals surface area contributed by atoms with Crippen molar-refractivity contribution >= 4 is 23.5 Å². The van der Waals surface area contributed by atoms with Crippen LogP contribution in [0.15, 0.2) is 12.4 Å². The van der Waals surface area contributed by atoms with Crippen molar-refractivity contribution in [3.63, 3.8) is 0 Å². The van der Waals surface area contributed by atoms with Crippen LogP contribution in [0.5, 0.6) is 0 Å². The molecule has 0 radical (unpaired) electrons. The van der Waals surface area contributed by atoms with Crippen LogP contribution in [-0.4, -0.2) is 44.4 Å². The highest BCUT2D eigenvalue weighted by atomic mass is 16.4. The largest absolute Gasteiger partial charge is 0.481 e. The molecule has 2 heterocycles. The number of anilines is 1. The van der Waals surface area contributed by atoms with E-state index in [1.54, 1.807) is 0 Å². The third-order valence-corrected chi connectivity index (χ3v) is 2.70. The summed E-state index contributed by atoms with van der Waals surface area (Å²) in [6.07, 6.45) is 2.72. The zero-order valence-electron chi connectivity index (χ0n) is 9.31. The molecule has 2 rings (SSSR count). The van der Waals surface area contributed by atoms with Crippen LogP contribution in [0.2, 0.25) is 0 Å². The van der Waals surface area contributed by atoms with Crippen molar-refractivity contribution in [2.24, 2.45) is 5.92 Å². The van der Waals surface area contributed by atoms with Crippen LogP contribution < -0.4 is 4.90 Å². The summed E-state index contributed by atoms with van der Waals surface area (Å²) in [5, 5.41) is 21.2. The fourth-order valence-electron chi connectivity index (χ4n) is 1.84. The van der Waals surface area contributed by atoms with Gasteiger partial charge in [0.15, 0.2) is 0 Å². The van der Waals surface area contributed by atoms with Gasteiger partial charge in [0.05, 0.1) is 17.8 Å². The van der Waals surface area contributed by atoms with Crippen molar-refractivity contribution in [3.8, 4) is 0 Å². The second-order valence-corrected chi connectivity index (χ2v) is 4.03. The van der Waals surface area contributed by atoms with E-state index in [0.717, 1.165) is 0 Å². The number of rotatable bonds is 4. The molecule has 8 heteroatoms. The van der Waals surface area contributed by atoms with Crippen LogP contribution in [0, 0.1) is 5.92 Å². The van der Waals surface area contributed by atoms with Gasteiger partial charge >= 0.3 is 11.9 Å². The van der Waals surface area contributed by atoms with E-state index in [2.05, 4.69) is 5.10 Å². The number of amides is 1. The van der Waals surface area contributed by atoms with Crippen molar-refractivity contribution in [1.29, 1.82) is 0 Å². The fourth-order valence-corrected chi connectivity index (χ4v) is 1.84. The van der Waals surface area contributed by atoms with Gasteiger partial charge in [0.1, 0.15) is 6.54 Å². The molecule has 0 aliphatic carbocycles. The number of hydrogen-bond acceptors (Lipinski definition) is 4. The monoisotopic (exact) mass is 253 g/mol. The highest BCUT2D eigenvalue weighted by Crippen LogP contribution is 2.24. The maximum Gasteiger partial charge on any atom is 0.325 e. The van der Waals surface area contributed by atoms with E-state index < -0.39 is 17.9 Å². The Balaban J connectivity index is 2.12. The molecule has 1 atom stereocenters. The first kappa shape index (κ1) is 12.1. The third-order valence-electron chi connectivity index (χ3n) is 2.70. The second kappa shape index (κ2) is 4.47.